The van der Waals surface area contributed by atoms with E-state index in [1.807, 2.05) is 0 Å². The Balaban J connectivity index is 1.84. The molecule has 0 aromatic heterocycles. The van der Waals surface area contributed by atoms with Crippen LogP contribution in [-0.4, -0.2) is 73.9 Å². The Hall–Kier alpha value is -3.11. The van der Waals surface area contributed by atoms with Gasteiger partial charge >= 0.3 is 11.9 Å². The molecule has 1 saturated heterocycles. The van der Waals surface area contributed by atoms with Gasteiger partial charge in [-0.2, -0.15) is 0 Å². The lowest BCUT2D eigenvalue weighted by Crippen LogP contribution is -2.44. The van der Waals surface area contributed by atoms with Gasteiger partial charge in [0.25, 0.3) is 5.69 Å². The smallest absolute Gasteiger partial charge is 0.336 e. The summed E-state index contributed by atoms with van der Waals surface area (Å²) in [5.74, 6) is -2.82. The topological polar surface area (TPSA) is 123 Å². The number of allylic oxidation sites excluding steroid dienone is 1. The van der Waals surface area contributed by atoms with Crippen LogP contribution in [0.25, 0.3) is 0 Å². The van der Waals surface area contributed by atoms with Crippen molar-refractivity contribution in [3.63, 3.8) is 0 Å². The van der Waals surface area contributed by atoms with Crippen LogP contribution in [0.5, 0.6) is 0 Å². The lowest BCUT2D eigenvalue weighted by Gasteiger charge is -2.31. The van der Waals surface area contributed by atoms with Gasteiger partial charge in [-0.3, -0.25) is 19.9 Å². The molecule has 1 fully saturated rings. The van der Waals surface area contributed by atoms with Crippen LogP contribution in [0, 0.1) is 16.0 Å². The maximum atomic E-state index is 13.2. The van der Waals surface area contributed by atoms with Crippen LogP contribution in [0.1, 0.15) is 31.7 Å². The summed E-state index contributed by atoms with van der Waals surface area (Å²) in [6, 6.07) is 5.95. The average molecular weight is 459 g/mol. The maximum Gasteiger partial charge on any atom is 0.336 e. The minimum Gasteiger partial charge on any atom is -0.468 e. The number of carbonyl (C=O) groups is 2. The molecule has 0 radical (unpaired) electrons. The molecule has 0 spiro atoms. The number of piperazine rings is 1. The van der Waals surface area contributed by atoms with E-state index in [-0.39, 0.29) is 17.9 Å². The van der Waals surface area contributed by atoms with Crippen molar-refractivity contribution in [1.29, 1.82) is 0 Å². The van der Waals surface area contributed by atoms with Crippen molar-refractivity contribution < 1.29 is 24.0 Å². The number of rotatable bonds is 8. The Labute approximate surface area is 192 Å². The largest absolute Gasteiger partial charge is 0.468 e. The van der Waals surface area contributed by atoms with Gasteiger partial charge in [0, 0.05) is 62.2 Å². The van der Waals surface area contributed by atoms with Crippen LogP contribution in [0.2, 0.25) is 0 Å². The Morgan fingerprint density at radius 2 is 2.00 bits per heavy atom. The number of nitro benzene ring substituents is 1. The zero-order valence-corrected chi connectivity index (χ0v) is 19.2. The highest BCUT2D eigenvalue weighted by atomic mass is 16.6. The number of carbonyl (C=O) groups excluding carboxylic acids is 2. The fourth-order valence-corrected chi connectivity index (χ4v) is 4.39. The van der Waals surface area contributed by atoms with Crippen molar-refractivity contribution in [1.82, 2.24) is 10.2 Å². The molecular weight excluding hydrogens is 428 g/mol. The first kappa shape index (κ1) is 24.5. The Kier molecular flexibility index (Phi) is 8.29. The third kappa shape index (κ3) is 5.82. The lowest BCUT2D eigenvalue weighted by molar-refractivity contribution is -0.384. The Morgan fingerprint density at radius 3 is 2.67 bits per heavy atom. The van der Waals surface area contributed by atoms with Gasteiger partial charge in [-0.05, 0) is 25.8 Å². The number of hydrogen-bond donors (Lipinski definition) is 1. The van der Waals surface area contributed by atoms with E-state index in [2.05, 4.69) is 15.2 Å². The quantitative estimate of drug-likeness (QED) is 0.272. The van der Waals surface area contributed by atoms with Crippen LogP contribution in [-0.2, 0) is 19.1 Å². The van der Waals surface area contributed by atoms with Gasteiger partial charge < -0.3 is 19.7 Å². The molecule has 2 aliphatic heterocycles. The normalized spacial score (nSPS) is 21.4. The summed E-state index contributed by atoms with van der Waals surface area (Å²) in [5, 5.41) is 14.6. The summed E-state index contributed by atoms with van der Waals surface area (Å²) in [6.07, 6.45) is 0.683. The van der Waals surface area contributed by atoms with Crippen molar-refractivity contribution in [2.24, 2.45) is 10.9 Å². The standard InChI is InChI=1S/C23H30N4O6/c1-15-19(22(28)32-3)21(17-6-4-7-18(14-17)27(30)31)20(16(2)25-15)23(29)33-13-5-10-26-11-8-24-9-12-26/h4,6-7,14,19,21,24H,5,8-13H2,1-3H3. The third-order valence-corrected chi connectivity index (χ3v) is 6.00. The average Bonchev–Trinajstić information content (AvgIpc) is 2.81. The molecule has 2 heterocycles. The van der Waals surface area contributed by atoms with Gasteiger partial charge in [-0.25, -0.2) is 4.79 Å². The monoisotopic (exact) mass is 458 g/mol. The highest BCUT2D eigenvalue weighted by Crippen LogP contribution is 2.40. The number of esters is 2. The van der Waals surface area contributed by atoms with Crippen LogP contribution in [0.15, 0.2) is 40.5 Å². The number of hydrogen-bond acceptors (Lipinski definition) is 9. The first-order valence-corrected chi connectivity index (χ1v) is 11.0. The first-order valence-electron chi connectivity index (χ1n) is 11.0. The predicted molar refractivity (Wildman–Crippen MR) is 122 cm³/mol. The number of benzene rings is 1. The number of ether oxygens (including phenoxy) is 2. The van der Waals surface area contributed by atoms with Crippen molar-refractivity contribution in [2.75, 3.05) is 46.4 Å². The molecule has 0 bridgehead atoms. The Bertz CT molecular complexity index is 967. The SMILES string of the molecule is COC(=O)C1C(C)=NC(C)=C(C(=O)OCCCN2CCNCC2)C1c1cccc([N+](=O)[O-])c1. The van der Waals surface area contributed by atoms with E-state index in [9.17, 15) is 19.7 Å². The second kappa shape index (κ2) is 11.2. The molecule has 10 heteroatoms. The van der Waals surface area contributed by atoms with Gasteiger partial charge in [-0.15, -0.1) is 0 Å². The van der Waals surface area contributed by atoms with E-state index in [0.29, 0.717) is 23.4 Å². The van der Waals surface area contributed by atoms with E-state index in [1.165, 1.54) is 25.3 Å². The van der Waals surface area contributed by atoms with Crippen LogP contribution in [0.4, 0.5) is 5.69 Å². The zero-order valence-electron chi connectivity index (χ0n) is 19.2. The summed E-state index contributed by atoms with van der Waals surface area (Å²) < 4.78 is 10.6. The summed E-state index contributed by atoms with van der Waals surface area (Å²) in [5.41, 5.74) is 1.46. The van der Waals surface area contributed by atoms with Gasteiger partial charge in [0.1, 0.15) is 5.92 Å². The molecule has 1 aromatic rings. The molecule has 0 saturated carbocycles. The van der Waals surface area contributed by atoms with E-state index in [0.717, 1.165) is 32.7 Å². The zero-order chi connectivity index (χ0) is 24.0. The molecule has 0 amide bonds. The summed E-state index contributed by atoms with van der Waals surface area (Å²) in [7, 11) is 1.26. The van der Waals surface area contributed by atoms with Gasteiger partial charge in [-0.1, -0.05) is 12.1 Å². The van der Waals surface area contributed by atoms with Gasteiger partial charge in [0.15, 0.2) is 0 Å². The second-order valence-electron chi connectivity index (χ2n) is 8.16. The minimum atomic E-state index is -0.885. The molecule has 10 nitrogen and oxygen atoms in total. The minimum absolute atomic E-state index is 0.127. The second-order valence-corrected chi connectivity index (χ2v) is 8.16. The summed E-state index contributed by atoms with van der Waals surface area (Å²) in [6.45, 7) is 8.23. The highest BCUT2D eigenvalue weighted by Gasteiger charge is 2.42. The number of nitro groups is 1. The predicted octanol–water partition coefficient (Wildman–Crippen LogP) is 2.05. The lowest BCUT2D eigenvalue weighted by atomic mass is 9.75. The van der Waals surface area contributed by atoms with E-state index < -0.39 is 28.7 Å². The fraction of sp³-hybridized carbons (Fsp3) is 0.522. The molecule has 2 atom stereocenters. The first-order chi connectivity index (χ1) is 15.8. The molecule has 178 valence electrons. The molecule has 3 rings (SSSR count). The number of aliphatic imine (C=N–C) groups is 1. The summed E-state index contributed by atoms with van der Waals surface area (Å²) in [4.78, 5) is 43.4. The van der Waals surface area contributed by atoms with Gasteiger partial charge in [0.2, 0.25) is 0 Å². The van der Waals surface area contributed by atoms with Crippen LogP contribution >= 0.6 is 0 Å². The number of nitrogens with one attached hydrogen (secondary N) is 1. The third-order valence-electron chi connectivity index (χ3n) is 6.00. The molecule has 33 heavy (non-hydrogen) atoms. The number of nitrogens with zero attached hydrogens (tertiary/aromatic N) is 3. The van der Waals surface area contributed by atoms with Crippen molar-refractivity contribution in [3.8, 4) is 0 Å². The van der Waals surface area contributed by atoms with E-state index >= 15 is 0 Å². The maximum absolute atomic E-state index is 13.2. The number of non-ortho nitro benzene ring substituents is 1. The molecule has 1 N–H and O–H groups in total. The van der Waals surface area contributed by atoms with Crippen LogP contribution < -0.4 is 5.32 Å². The van der Waals surface area contributed by atoms with Crippen molar-refractivity contribution in [3.05, 3.63) is 51.2 Å². The molecule has 2 unspecified atom stereocenters. The number of methoxy groups -OCH3 is 1. The van der Waals surface area contributed by atoms with Crippen molar-refractivity contribution in [2.45, 2.75) is 26.2 Å². The fourth-order valence-electron chi connectivity index (χ4n) is 4.39. The molecule has 1 aromatic carbocycles. The van der Waals surface area contributed by atoms with Gasteiger partial charge in [0.05, 0.1) is 24.2 Å². The Morgan fingerprint density at radius 1 is 1.27 bits per heavy atom. The highest BCUT2D eigenvalue weighted by molar-refractivity contribution is 6.07. The molecular formula is C23H30N4O6. The van der Waals surface area contributed by atoms with Crippen LogP contribution in [0.3, 0.4) is 0 Å². The summed E-state index contributed by atoms with van der Waals surface area (Å²) >= 11 is 0. The molecule has 2 aliphatic rings. The van der Waals surface area contributed by atoms with Crippen molar-refractivity contribution >= 4 is 23.3 Å². The van der Waals surface area contributed by atoms with E-state index in [4.69, 9.17) is 9.47 Å². The van der Waals surface area contributed by atoms with E-state index in [1.54, 1.807) is 19.9 Å². The molecule has 0 aliphatic carbocycles.